The summed E-state index contributed by atoms with van der Waals surface area (Å²) in [4.78, 5) is 0. The van der Waals surface area contributed by atoms with Crippen molar-refractivity contribution in [3.63, 3.8) is 0 Å². The van der Waals surface area contributed by atoms with E-state index in [4.69, 9.17) is 11.0 Å². The van der Waals surface area contributed by atoms with Crippen LogP contribution in [-0.4, -0.2) is 4.57 Å². The largest absolute Gasteiger partial charge is 0.338 e. The third-order valence-electron chi connectivity index (χ3n) is 1.55. The molecule has 0 aliphatic heterocycles. The minimum absolute atomic E-state index is 0.484. The topological polar surface area (TPSA) is 54.7 Å². The van der Waals surface area contributed by atoms with Crippen LogP contribution in [0.1, 0.15) is 11.4 Å². The molecule has 3 nitrogen and oxygen atoms in total. The van der Waals surface area contributed by atoms with E-state index in [9.17, 15) is 0 Å². The average molecular weight is 135 g/mol. The van der Waals surface area contributed by atoms with Crippen molar-refractivity contribution in [2.24, 2.45) is 12.8 Å². The Morgan fingerprint density at radius 1 is 1.70 bits per heavy atom. The highest BCUT2D eigenvalue weighted by atomic mass is 15.0. The molecule has 1 rings (SSSR count). The number of nitriles is 1. The van der Waals surface area contributed by atoms with Crippen LogP contribution in [-0.2, 0) is 13.6 Å². The minimum atomic E-state index is 0.484. The zero-order chi connectivity index (χ0) is 7.56. The van der Waals surface area contributed by atoms with Gasteiger partial charge in [0.15, 0.2) is 0 Å². The van der Waals surface area contributed by atoms with Gasteiger partial charge in [0.1, 0.15) is 11.8 Å². The molecule has 0 bridgehead atoms. The van der Waals surface area contributed by atoms with E-state index in [1.165, 1.54) is 0 Å². The fraction of sp³-hybridized carbons (Fsp3) is 0.286. The molecule has 0 aromatic carbocycles. The summed E-state index contributed by atoms with van der Waals surface area (Å²) in [6.07, 6.45) is 0. The predicted molar refractivity (Wildman–Crippen MR) is 38.0 cm³/mol. The molecular weight excluding hydrogens is 126 g/mol. The highest BCUT2D eigenvalue weighted by Gasteiger charge is 1.99. The van der Waals surface area contributed by atoms with Gasteiger partial charge >= 0.3 is 0 Å². The van der Waals surface area contributed by atoms with Crippen LogP contribution < -0.4 is 5.73 Å². The molecule has 0 spiro atoms. The normalized spacial score (nSPS) is 9.30. The van der Waals surface area contributed by atoms with Crippen LogP contribution in [0.25, 0.3) is 0 Å². The lowest BCUT2D eigenvalue weighted by atomic mass is 10.4. The molecule has 0 atom stereocenters. The van der Waals surface area contributed by atoms with Crippen LogP contribution in [0, 0.1) is 11.3 Å². The highest BCUT2D eigenvalue weighted by molar-refractivity contribution is 5.26. The third kappa shape index (κ3) is 0.893. The minimum Gasteiger partial charge on any atom is -0.338 e. The van der Waals surface area contributed by atoms with Gasteiger partial charge < -0.3 is 10.3 Å². The van der Waals surface area contributed by atoms with E-state index in [2.05, 4.69) is 6.07 Å². The summed E-state index contributed by atoms with van der Waals surface area (Å²) < 4.78 is 1.79. The summed E-state index contributed by atoms with van der Waals surface area (Å²) in [6, 6.07) is 5.68. The first-order valence-corrected chi connectivity index (χ1v) is 3.04. The summed E-state index contributed by atoms with van der Waals surface area (Å²) in [6.45, 7) is 0.484. The van der Waals surface area contributed by atoms with Crippen molar-refractivity contribution >= 4 is 0 Å². The Bertz CT molecular complexity index is 267. The van der Waals surface area contributed by atoms with Crippen LogP contribution >= 0.6 is 0 Å². The molecular formula is C7H9N3. The lowest BCUT2D eigenvalue weighted by molar-refractivity contribution is 0.813. The zero-order valence-corrected chi connectivity index (χ0v) is 5.83. The molecule has 0 aliphatic rings. The molecule has 0 unspecified atom stereocenters. The smallest absolute Gasteiger partial charge is 0.120 e. The molecule has 1 heterocycles. The van der Waals surface area contributed by atoms with E-state index in [0.717, 1.165) is 5.69 Å². The second kappa shape index (κ2) is 2.54. The quantitative estimate of drug-likeness (QED) is 0.604. The molecule has 0 fully saturated rings. The molecule has 1 aromatic rings. The maximum atomic E-state index is 8.52. The van der Waals surface area contributed by atoms with Crippen LogP contribution in [0.5, 0.6) is 0 Å². The Morgan fingerprint density at radius 3 is 2.70 bits per heavy atom. The predicted octanol–water partition coefficient (Wildman–Crippen LogP) is 0.355. The van der Waals surface area contributed by atoms with Gasteiger partial charge in [0.05, 0.1) is 0 Å². The summed E-state index contributed by atoms with van der Waals surface area (Å²) in [7, 11) is 1.83. The SMILES string of the molecule is Cn1c(C#N)ccc1CN. The molecule has 0 saturated heterocycles. The summed E-state index contributed by atoms with van der Waals surface area (Å²) >= 11 is 0. The van der Waals surface area contributed by atoms with Crippen molar-refractivity contribution in [1.82, 2.24) is 4.57 Å². The van der Waals surface area contributed by atoms with Gasteiger partial charge in [-0.15, -0.1) is 0 Å². The number of nitrogens with zero attached hydrogens (tertiary/aromatic N) is 2. The fourth-order valence-corrected chi connectivity index (χ4v) is 0.871. The third-order valence-corrected chi connectivity index (χ3v) is 1.55. The van der Waals surface area contributed by atoms with Crippen molar-refractivity contribution in [2.75, 3.05) is 0 Å². The average Bonchev–Trinajstić information content (AvgIpc) is 2.30. The zero-order valence-electron chi connectivity index (χ0n) is 5.83. The summed E-state index contributed by atoms with van der Waals surface area (Å²) in [5.74, 6) is 0. The standard InChI is InChI=1S/C7H9N3/c1-10-6(4-8)2-3-7(10)5-9/h2-3H,4,8H2,1H3. The summed E-state index contributed by atoms with van der Waals surface area (Å²) in [5.41, 5.74) is 7.02. The van der Waals surface area contributed by atoms with E-state index in [-0.39, 0.29) is 0 Å². The van der Waals surface area contributed by atoms with Gasteiger partial charge in [-0.1, -0.05) is 0 Å². The second-order valence-corrected chi connectivity index (χ2v) is 2.08. The Morgan fingerprint density at radius 2 is 2.40 bits per heavy atom. The van der Waals surface area contributed by atoms with Gasteiger partial charge in [-0.2, -0.15) is 5.26 Å². The molecule has 0 aliphatic carbocycles. The van der Waals surface area contributed by atoms with Crippen LogP contribution in [0.15, 0.2) is 12.1 Å². The molecule has 2 N–H and O–H groups in total. The number of hydrogen-bond donors (Lipinski definition) is 1. The van der Waals surface area contributed by atoms with Gasteiger partial charge in [-0.25, -0.2) is 0 Å². The van der Waals surface area contributed by atoms with Crippen LogP contribution in [0.3, 0.4) is 0 Å². The van der Waals surface area contributed by atoms with Crippen molar-refractivity contribution in [3.05, 3.63) is 23.5 Å². The lowest BCUT2D eigenvalue weighted by Crippen LogP contribution is -2.04. The first kappa shape index (κ1) is 6.84. The van der Waals surface area contributed by atoms with Gasteiger partial charge in [-0.3, -0.25) is 0 Å². The number of aromatic nitrogens is 1. The van der Waals surface area contributed by atoms with Gasteiger partial charge in [0, 0.05) is 19.3 Å². The van der Waals surface area contributed by atoms with Crippen molar-refractivity contribution in [2.45, 2.75) is 6.54 Å². The molecule has 1 aromatic heterocycles. The van der Waals surface area contributed by atoms with Crippen LogP contribution in [0.4, 0.5) is 0 Å². The van der Waals surface area contributed by atoms with Crippen LogP contribution in [0.2, 0.25) is 0 Å². The fourth-order valence-electron chi connectivity index (χ4n) is 0.871. The van der Waals surface area contributed by atoms with E-state index in [0.29, 0.717) is 12.2 Å². The number of nitrogens with two attached hydrogens (primary N) is 1. The monoisotopic (exact) mass is 135 g/mol. The van der Waals surface area contributed by atoms with Gasteiger partial charge in [0.2, 0.25) is 0 Å². The van der Waals surface area contributed by atoms with Gasteiger partial charge in [-0.05, 0) is 12.1 Å². The Hall–Kier alpha value is -1.27. The first-order valence-electron chi connectivity index (χ1n) is 3.04. The molecule has 0 radical (unpaired) electrons. The Kier molecular flexibility index (Phi) is 1.74. The van der Waals surface area contributed by atoms with E-state index >= 15 is 0 Å². The number of hydrogen-bond acceptors (Lipinski definition) is 2. The van der Waals surface area contributed by atoms with Gasteiger partial charge in [0.25, 0.3) is 0 Å². The van der Waals surface area contributed by atoms with Crippen molar-refractivity contribution in [3.8, 4) is 6.07 Å². The molecule has 52 valence electrons. The highest BCUT2D eigenvalue weighted by Crippen LogP contribution is 2.03. The molecule has 3 heteroatoms. The maximum Gasteiger partial charge on any atom is 0.120 e. The van der Waals surface area contributed by atoms with E-state index < -0.39 is 0 Å². The van der Waals surface area contributed by atoms with E-state index in [1.54, 1.807) is 10.6 Å². The molecule has 10 heavy (non-hydrogen) atoms. The second-order valence-electron chi connectivity index (χ2n) is 2.08. The maximum absolute atomic E-state index is 8.52. The molecule has 0 amide bonds. The number of rotatable bonds is 1. The Labute approximate surface area is 59.7 Å². The molecule has 0 saturated carbocycles. The first-order chi connectivity index (χ1) is 4.79. The lowest BCUT2D eigenvalue weighted by Gasteiger charge is -1.98. The Balaban J connectivity index is 3.12. The van der Waals surface area contributed by atoms with Crippen molar-refractivity contribution < 1.29 is 0 Å². The van der Waals surface area contributed by atoms with Crippen molar-refractivity contribution in [1.29, 1.82) is 5.26 Å². The van der Waals surface area contributed by atoms with E-state index in [1.807, 2.05) is 13.1 Å². The summed E-state index contributed by atoms with van der Waals surface area (Å²) in [5, 5.41) is 8.52.